The van der Waals surface area contributed by atoms with Crippen LogP contribution in [0.1, 0.15) is 59.8 Å². The molecule has 4 rings (SSSR count). The summed E-state index contributed by atoms with van der Waals surface area (Å²) in [5, 5.41) is 11.3. The van der Waals surface area contributed by atoms with E-state index in [1.165, 1.54) is 12.1 Å². The predicted octanol–water partition coefficient (Wildman–Crippen LogP) is 4.75. The zero-order chi connectivity index (χ0) is 27.5. The average Bonchev–Trinajstić information content (AvgIpc) is 3.43. The molecule has 4 N–H and O–H groups in total. The van der Waals surface area contributed by atoms with Crippen LogP contribution in [-0.4, -0.2) is 52.4 Å². The van der Waals surface area contributed by atoms with Gasteiger partial charge in [0, 0.05) is 29.4 Å². The highest BCUT2D eigenvalue weighted by atomic mass is 35.5. The van der Waals surface area contributed by atoms with E-state index in [4.69, 9.17) is 21.4 Å². The number of pyridine rings is 1. The van der Waals surface area contributed by atoms with E-state index in [0.29, 0.717) is 41.1 Å². The molecule has 0 aliphatic heterocycles. The van der Waals surface area contributed by atoms with Crippen LogP contribution >= 0.6 is 11.6 Å². The van der Waals surface area contributed by atoms with Crippen molar-refractivity contribution in [2.75, 3.05) is 0 Å². The maximum absolute atomic E-state index is 13.4. The summed E-state index contributed by atoms with van der Waals surface area (Å²) in [4.78, 5) is 39.4. The molecule has 1 aromatic carbocycles. The number of nitrogens with one attached hydrogen (secondary N) is 3. The first kappa shape index (κ1) is 28.5. The standard InChI is InChI=1S/C21H24ClN3O5S.C4H8O2/c1-21(2,3)30-20(27)24-11-4-5-12(8-11)31(28,29)17-9-14-13-6-7-23-18(13)19(26)25-16(14)10-15(17)22;1-2-3-4(5)6/h6-7,9-12,23H,4-5,8H2,1-3H3,(H,24,27)(H,25,26);2-3H2,1H3,(H,5,6)/t11?,12-;/m0./s1. The Labute approximate surface area is 219 Å². The molecule has 1 unspecified atom stereocenters. The number of H-pyrrole nitrogens is 2. The van der Waals surface area contributed by atoms with Crippen molar-refractivity contribution in [2.24, 2.45) is 0 Å². The number of carboxylic acid groups (broad SMARTS) is 1. The van der Waals surface area contributed by atoms with Crippen molar-refractivity contribution in [1.29, 1.82) is 0 Å². The number of aromatic amines is 2. The van der Waals surface area contributed by atoms with Crippen molar-refractivity contribution in [1.82, 2.24) is 15.3 Å². The fourth-order valence-electron chi connectivity index (χ4n) is 4.28. The minimum absolute atomic E-state index is 0.0270. The van der Waals surface area contributed by atoms with Crippen molar-refractivity contribution in [3.8, 4) is 0 Å². The fraction of sp³-hybridized carbons (Fsp3) is 0.480. The third kappa shape index (κ3) is 6.84. The highest BCUT2D eigenvalue weighted by molar-refractivity contribution is 7.92. The Hall–Kier alpha value is -3.05. The molecule has 1 saturated carbocycles. The summed E-state index contributed by atoms with van der Waals surface area (Å²) in [6.45, 7) is 7.15. The number of hydrogen-bond donors (Lipinski definition) is 4. The summed E-state index contributed by atoms with van der Waals surface area (Å²) in [7, 11) is -3.75. The molecule has 37 heavy (non-hydrogen) atoms. The van der Waals surface area contributed by atoms with Gasteiger partial charge in [-0.15, -0.1) is 0 Å². The second-order valence-corrected chi connectivity index (χ2v) is 12.6. The minimum atomic E-state index is -3.75. The number of halogens is 1. The molecule has 0 spiro atoms. The van der Waals surface area contributed by atoms with Crippen LogP contribution in [0.2, 0.25) is 5.02 Å². The number of alkyl carbamates (subject to hydrolysis) is 1. The largest absolute Gasteiger partial charge is 0.481 e. The van der Waals surface area contributed by atoms with Gasteiger partial charge in [-0.1, -0.05) is 18.5 Å². The molecule has 1 fully saturated rings. The Balaban J connectivity index is 0.000000568. The molecular formula is C25H32ClN3O7S. The third-order valence-corrected chi connectivity index (χ3v) is 8.58. The predicted molar refractivity (Wildman–Crippen MR) is 142 cm³/mol. The molecular weight excluding hydrogens is 522 g/mol. The van der Waals surface area contributed by atoms with Crippen LogP contribution in [0.3, 0.4) is 0 Å². The topological polar surface area (TPSA) is 158 Å². The third-order valence-electron chi connectivity index (χ3n) is 5.90. The van der Waals surface area contributed by atoms with Gasteiger partial charge in [-0.2, -0.15) is 0 Å². The van der Waals surface area contributed by atoms with E-state index in [1.807, 2.05) is 6.92 Å². The molecule has 202 valence electrons. The number of hydrogen-bond acceptors (Lipinski definition) is 6. The molecule has 2 heterocycles. The first-order valence-corrected chi connectivity index (χ1v) is 13.9. The van der Waals surface area contributed by atoms with Gasteiger partial charge in [-0.3, -0.25) is 9.59 Å². The number of carboxylic acids is 1. The van der Waals surface area contributed by atoms with Gasteiger partial charge in [0.2, 0.25) is 0 Å². The SMILES string of the molecule is CC(C)(C)OC(=O)NC1CC[C@H](S(=O)(=O)c2cc3c(cc2Cl)[nH]c(=O)c2[nH]ccc23)C1.CCCC(=O)O. The average molecular weight is 554 g/mol. The molecule has 10 nitrogen and oxygen atoms in total. The molecule has 1 aliphatic carbocycles. The number of ether oxygens (including phenoxy) is 1. The van der Waals surface area contributed by atoms with E-state index in [0.717, 1.165) is 6.42 Å². The first-order chi connectivity index (χ1) is 17.2. The van der Waals surface area contributed by atoms with Crippen molar-refractivity contribution in [3.05, 3.63) is 39.8 Å². The summed E-state index contributed by atoms with van der Waals surface area (Å²) in [5.74, 6) is -0.711. The number of carbonyl (C=O) groups excluding carboxylic acids is 1. The molecule has 12 heteroatoms. The van der Waals surface area contributed by atoms with Gasteiger partial charge >= 0.3 is 12.1 Å². The highest BCUT2D eigenvalue weighted by Crippen LogP contribution is 2.36. The van der Waals surface area contributed by atoms with Crippen molar-refractivity contribution >= 4 is 55.3 Å². The maximum Gasteiger partial charge on any atom is 0.407 e. The Bertz CT molecular complexity index is 1470. The van der Waals surface area contributed by atoms with Crippen molar-refractivity contribution in [3.63, 3.8) is 0 Å². The number of fused-ring (bicyclic) bond motifs is 3. The monoisotopic (exact) mass is 553 g/mol. The van der Waals surface area contributed by atoms with Crippen LogP contribution in [0, 0.1) is 0 Å². The number of benzene rings is 1. The Morgan fingerprint density at radius 1 is 1.22 bits per heavy atom. The van der Waals surface area contributed by atoms with Gasteiger partial charge in [0.25, 0.3) is 5.56 Å². The summed E-state index contributed by atoms with van der Waals surface area (Å²) in [5.41, 5.74) is -0.0826. The Morgan fingerprint density at radius 2 is 1.92 bits per heavy atom. The normalized spacial score (nSPS) is 17.9. The van der Waals surface area contributed by atoms with Crippen LogP contribution in [0.5, 0.6) is 0 Å². The second-order valence-electron chi connectivity index (χ2n) is 10.0. The van der Waals surface area contributed by atoms with Gasteiger partial charge in [-0.25, -0.2) is 13.2 Å². The number of aromatic nitrogens is 2. The molecule has 3 aromatic rings. The molecule has 1 aliphatic rings. The smallest absolute Gasteiger partial charge is 0.407 e. The number of aliphatic carboxylic acids is 1. The first-order valence-electron chi connectivity index (χ1n) is 12.0. The number of rotatable bonds is 5. The highest BCUT2D eigenvalue weighted by Gasteiger charge is 2.37. The molecule has 2 aromatic heterocycles. The molecule has 0 bridgehead atoms. The van der Waals surface area contributed by atoms with Crippen LogP contribution in [0.4, 0.5) is 4.79 Å². The van der Waals surface area contributed by atoms with Crippen LogP contribution < -0.4 is 10.9 Å². The van der Waals surface area contributed by atoms with E-state index in [-0.39, 0.29) is 27.9 Å². The number of sulfone groups is 1. The number of amides is 1. The van der Waals surface area contributed by atoms with Gasteiger partial charge in [-0.05, 0) is 64.7 Å². The Morgan fingerprint density at radius 3 is 2.51 bits per heavy atom. The summed E-state index contributed by atoms with van der Waals surface area (Å²) >= 11 is 6.34. The lowest BCUT2D eigenvalue weighted by Crippen LogP contribution is -2.38. The van der Waals surface area contributed by atoms with Crippen molar-refractivity contribution in [2.45, 2.75) is 81.6 Å². The zero-order valence-electron chi connectivity index (χ0n) is 21.2. The van der Waals surface area contributed by atoms with E-state index in [9.17, 15) is 22.8 Å². The molecule has 1 amide bonds. The Kier molecular flexibility index (Phi) is 8.59. The lowest BCUT2D eigenvalue weighted by molar-refractivity contribution is -0.137. The van der Waals surface area contributed by atoms with Crippen LogP contribution in [0.15, 0.2) is 34.1 Å². The molecule has 0 radical (unpaired) electrons. The summed E-state index contributed by atoms with van der Waals surface area (Å²) < 4.78 is 32.0. The zero-order valence-corrected chi connectivity index (χ0v) is 22.8. The lowest BCUT2D eigenvalue weighted by atomic mass is 10.1. The van der Waals surface area contributed by atoms with Crippen molar-refractivity contribution < 1.29 is 27.9 Å². The van der Waals surface area contributed by atoms with Crippen LogP contribution in [0.25, 0.3) is 21.8 Å². The quantitative estimate of drug-likeness (QED) is 0.354. The molecule has 2 atom stereocenters. The lowest BCUT2D eigenvalue weighted by Gasteiger charge is -2.21. The van der Waals surface area contributed by atoms with Gasteiger partial charge in [0.05, 0.1) is 20.7 Å². The summed E-state index contributed by atoms with van der Waals surface area (Å²) in [6, 6.07) is 4.44. The van der Waals surface area contributed by atoms with E-state index >= 15 is 0 Å². The minimum Gasteiger partial charge on any atom is -0.481 e. The number of carbonyl (C=O) groups is 2. The second kappa shape index (κ2) is 11.1. The van der Waals surface area contributed by atoms with Gasteiger partial charge in [0.15, 0.2) is 9.84 Å². The van der Waals surface area contributed by atoms with E-state index < -0.39 is 32.8 Å². The van der Waals surface area contributed by atoms with Gasteiger partial charge < -0.3 is 25.1 Å². The maximum atomic E-state index is 13.4. The van der Waals surface area contributed by atoms with E-state index in [1.54, 1.807) is 33.0 Å². The van der Waals surface area contributed by atoms with E-state index in [2.05, 4.69) is 15.3 Å². The fourth-order valence-corrected chi connectivity index (χ4v) is 6.68. The molecule has 0 saturated heterocycles. The van der Waals surface area contributed by atoms with Gasteiger partial charge in [0.1, 0.15) is 11.1 Å². The summed E-state index contributed by atoms with van der Waals surface area (Å²) in [6.07, 6.45) is 3.31. The van der Waals surface area contributed by atoms with Crippen LogP contribution in [-0.2, 0) is 19.4 Å².